The monoisotopic (exact) mass is 364 g/mol. The molecule has 0 radical (unpaired) electrons. The summed E-state index contributed by atoms with van der Waals surface area (Å²) in [5.41, 5.74) is 2.20. The number of fused-ring (bicyclic) bond motifs is 1. The topological polar surface area (TPSA) is 49.4 Å². The fraction of sp³-hybridized carbons (Fsp3) is 0.333. The molecule has 0 bridgehead atoms. The van der Waals surface area contributed by atoms with Crippen LogP contribution in [0.1, 0.15) is 12.0 Å². The van der Waals surface area contributed by atoms with Crippen molar-refractivity contribution < 1.29 is 8.42 Å². The summed E-state index contributed by atoms with van der Waals surface area (Å²) in [5, 5.41) is 2.85. The van der Waals surface area contributed by atoms with Crippen LogP contribution in [0.4, 0.5) is 5.69 Å². The summed E-state index contributed by atoms with van der Waals surface area (Å²) in [6, 6.07) is 17.1. The Hall–Kier alpha value is -1.56. The minimum atomic E-state index is -3.39. The molecule has 0 amide bonds. The van der Waals surface area contributed by atoms with Crippen LogP contribution in [-0.4, -0.2) is 32.9 Å². The summed E-state index contributed by atoms with van der Waals surface area (Å²) >= 11 is 0. The number of nitrogens with one attached hydrogen (secondary N) is 1. The van der Waals surface area contributed by atoms with E-state index >= 15 is 0 Å². The van der Waals surface area contributed by atoms with Crippen LogP contribution in [0.15, 0.2) is 59.5 Å². The normalized spacial score (nSPS) is 22.9. The predicted octanol–water partition coefficient (Wildman–Crippen LogP) is 2.63. The van der Waals surface area contributed by atoms with Crippen molar-refractivity contribution in [3.8, 4) is 0 Å². The molecule has 2 heterocycles. The second-order valence-corrected chi connectivity index (χ2v) is 8.31. The van der Waals surface area contributed by atoms with Crippen LogP contribution in [0.2, 0.25) is 0 Å². The molecule has 2 aliphatic rings. The minimum absolute atomic E-state index is 0. The van der Waals surface area contributed by atoms with Gasteiger partial charge in [0.05, 0.1) is 4.90 Å². The number of hydrogen-bond donors (Lipinski definition) is 1. The van der Waals surface area contributed by atoms with Gasteiger partial charge in [-0.25, -0.2) is 8.42 Å². The molecular weight excluding hydrogens is 344 g/mol. The number of rotatable bonds is 3. The molecule has 4 rings (SSSR count). The van der Waals surface area contributed by atoms with Crippen LogP contribution in [0.3, 0.4) is 0 Å². The highest BCUT2D eigenvalue weighted by atomic mass is 35.5. The van der Waals surface area contributed by atoms with E-state index in [4.69, 9.17) is 0 Å². The van der Waals surface area contributed by atoms with Gasteiger partial charge in [-0.1, -0.05) is 36.4 Å². The Balaban J connectivity index is 0.00000169. The van der Waals surface area contributed by atoms with Gasteiger partial charge in [0.25, 0.3) is 0 Å². The lowest BCUT2D eigenvalue weighted by atomic mass is 10.1. The molecule has 2 aromatic carbocycles. The zero-order valence-corrected chi connectivity index (χ0v) is 14.9. The van der Waals surface area contributed by atoms with Gasteiger partial charge < -0.3 is 10.2 Å². The zero-order valence-electron chi connectivity index (χ0n) is 13.3. The molecule has 2 atom stereocenters. The van der Waals surface area contributed by atoms with Gasteiger partial charge in [-0.2, -0.15) is 0 Å². The van der Waals surface area contributed by atoms with Crippen molar-refractivity contribution in [2.24, 2.45) is 0 Å². The van der Waals surface area contributed by atoms with Gasteiger partial charge in [-0.15, -0.1) is 12.4 Å². The number of benzene rings is 2. The van der Waals surface area contributed by atoms with E-state index in [0.717, 1.165) is 30.8 Å². The Kier molecular flexibility index (Phi) is 4.85. The van der Waals surface area contributed by atoms with Gasteiger partial charge >= 0.3 is 0 Å². The van der Waals surface area contributed by atoms with Crippen molar-refractivity contribution in [2.75, 3.05) is 18.0 Å². The molecule has 1 N–H and O–H groups in total. The first-order valence-electron chi connectivity index (χ1n) is 8.04. The van der Waals surface area contributed by atoms with E-state index in [1.807, 2.05) is 30.3 Å². The lowest BCUT2D eigenvalue weighted by Gasteiger charge is -2.32. The van der Waals surface area contributed by atoms with Gasteiger partial charge in [0.2, 0.25) is 0 Å². The predicted molar refractivity (Wildman–Crippen MR) is 98.6 cm³/mol. The fourth-order valence-electron chi connectivity index (χ4n) is 3.71. The summed E-state index contributed by atoms with van der Waals surface area (Å²) in [6.07, 6.45) is 1.54. The van der Waals surface area contributed by atoms with Crippen molar-refractivity contribution in [3.63, 3.8) is 0 Å². The van der Waals surface area contributed by atoms with Gasteiger partial charge in [0.1, 0.15) is 5.37 Å². The van der Waals surface area contributed by atoms with Crippen LogP contribution in [0.25, 0.3) is 0 Å². The third kappa shape index (κ3) is 2.81. The number of hydrogen-bond acceptors (Lipinski definition) is 4. The lowest BCUT2D eigenvalue weighted by Crippen LogP contribution is -2.46. The van der Waals surface area contributed by atoms with Crippen molar-refractivity contribution in [1.82, 2.24) is 5.32 Å². The first-order chi connectivity index (χ1) is 11.2. The lowest BCUT2D eigenvalue weighted by molar-refractivity contribution is 0.556. The van der Waals surface area contributed by atoms with Crippen LogP contribution in [0.5, 0.6) is 0 Å². The molecule has 2 aliphatic heterocycles. The highest BCUT2D eigenvalue weighted by molar-refractivity contribution is 7.92. The molecule has 0 spiro atoms. The Morgan fingerprint density at radius 2 is 1.71 bits per heavy atom. The van der Waals surface area contributed by atoms with Crippen LogP contribution in [-0.2, 0) is 16.3 Å². The van der Waals surface area contributed by atoms with E-state index in [0.29, 0.717) is 11.3 Å². The second-order valence-electron chi connectivity index (χ2n) is 6.20. The molecule has 0 aromatic heterocycles. The van der Waals surface area contributed by atoms with E-state index in [9.17, 15) is 8.42 Å². The van der Waals surface area contributed by atoms with E-state index in [-0.39, 0.29) is 18.4 Å². The number of sulfone groups is 1. The molecule has 24 heavy (non-hydrogen) atoms. The van der Waals surface area contributed by atoms with Gasteiger partial charge in [0, 0.05) is 24.7 Å². The minimum Gasteiger partial charge on any atom is -0.350 e. The molecule has 0 saturated carbocycles. The first-order valence-corrected chi connectivity index (χ1v) is 9.58. The van der Waals surface area contributed by atoms with Gasteiger partial charge in [-0.05, 0) is 36.7 Å². The van der Waals surface area contributed by atoms with E-state index < -0.39 is 15.2 Å². The van der Waals surface area contributed by atoms with Crippen molar-refractivity contribution >= 4 is 27.9 Å². The maximum absolute atomic E-state index is 13.2. The Bertz CT molecular complexity index is 805. The van der Waals surface area contributed by atoms with Crippen LogP contribution >= 0.6 is 12.4 Å². The Labute approximate surface area is 149 Å². The average molecular weight is 365 g/mol. The summed E-state index contributed by atoms with van der Waals surface area (Å²) in [6.45, 7) is 1.79. The first kappa shape index (κ1) is 17.3. The van der Waals surface area contributed by atoms with Crippen LogP contribution in [0, 0.1) is 0 Å². The van der Waals surface area contributed by atoms with E-state index in [1.165, 1.54) is 0 Å². The summed E-state index contributed by atoms with van der Waals surface area (Å²) in [4.78, 5) is 2.55. The second kappa shape index (κ2) is 6.75. The van der Waals surface area contributed by atoms with E-state index in [1.54, 1.807) is 24.3 Å². The molecular formula is C18H21ClN2O2S. The third-order valence-corrected chi connectivity index (χ3v) is 6.87. The Morgan fingerprint density at radius 1 is 1.00 bits per heavy atom. The fourth-order valence-corrected chi connectivity index (χ4v) is 5.55. The molecule has 1 fully saturated rings. The molecule has 128 valence electrons. The zero-order chi connectivity index (χ0) is 15.9. The number of anilines is 1. The smallest absolute Gasteiger partial charge is 0.199 e. The average Bonchev–Trinajstić information content (AvgIpc) is 3.22. The summed E-state index contributed by atoms with van der Waals surface area (Å²) < 4.78 is 26.4. The molecule has 6 heteroatoms. The third-order valence-electron chi connectivity index (χ3n) is 4.83. The van der Waals surface area contributed by atoms with Crippen molar-refractivity contribution in [2.45, 2.75) is 29.2 Å². The SMILES string of the molecule is Cl.O=S(=O)(c1ccccc1)C1Cc2ccccc2N1C1CCNC1. The van der Waals surface area contributed by atoms with E-state index in [2.05, 4.69) is 10.2 Å². The quantitative estimate of drug-likeness (QED) is 0.909. The molecule has 1 saturated heterocycles. The van der Waals surface area contributed by atoms with Crippen molar-refractivity contribution in [1.29, 1.82) is 0 Å². The number of para-hydroxylation sites is 1. The van der Waals surface area contributed by atoms with Crippen LogP contribution < -0.4 is 10.2 Å². The number of nitrogens with zero attached hydrogens (tertiary/aromatic N) is 1. The molecule has 0 aliphatic carbocycles. The highest BCUT2D eigenvalue weighted by Gasteiger charge is 2.42. The van der Waals surface area contributed by atoms with Crippen molar-refractivity contribution in [3.05, 3.63) is 60.2 Å². The highest BCUT2D eigenvalue weighted by Crippen LogP contribution is 2.38. The standard InChI is InChI=1S/C18H20N2O2S.ClH/c21-23(22,16-7-2-1-3-8-16)18-12-14-6-4-5-9-17(14)20(18)15-10-11-19-13-15;/h1-9,15,18-19H,10-13H2;1H. The molecule has 4 nitrogen and oxygen atoms in total. The summed E-state index contributed by atoms with van der Waals surface area (Å²) in [5.74, 6) is 0. The van der Waals surface area contributed by atoms with Gasteiger partial charge in [-0.3, -0.25) is 0 Å². The maximum Gasteiger partial charge on any atom is 0.199 e. The largest absolute Gasteiger partial charge is 0.350 e. The summed E-state index contributed by atoms with van der Waals surface area (Å²) in [7, 11) is -3.39. The van der Waals surface area contributed by atoms with Gasteiger partial charge in [0.15, 0.2) is 9.84 Å². The molecule has 2 aromatic rings. The molecule has 2 unspecified atom stereocenters. The number of halogens is 1. The Morgan fingerprint density at radius 3 is 2.42 bits per heavy atom. The maximum atomic E-state index is 13.2.